The van der Waals surface area contributed by atoms with Gasteiger partial charge in [-0.1, -0.05) is 12.8 Å². The fourth-order valence-electron chi connectivity index (χ4n) is 2.29. The zero-order chi connectivity index (χ0) is 7.84. The van der Waals surface area contributed by atoms with Crippen molar-refractivity contribution in [3.8, 4) is 0 Å². The van der Waals surface area contributed by atoms with E-state index in [1.807, 2.05) is 0 Å². The first-order valence-electron chi connectivity index (χ1n) is 4.73. The molecule has 60 valence electrons. The molecule has 0 amide bonds. The third-order valence-electron chi connectivity index (χ3n) is 2.85. The second-order valence-electron chi connectivity index (χ2n) is 4.08. The maximum atomic E-state index is 3.49. The molecule has 2 aliphatic carbocycles. The van der Waals surface area contributed by atoms with Crippen LogP contribution >= 0.6 is 0 Å². The van der Waals surface area contributed by atoms with Gasteiger partial charge in [-0.15, -0.1) is 5.73 Å². The van der Waals surface area contributed by atoms with Crippen molar-refractivity contribution in [2.45, 2.75) is 39.5 Å². The van der Waals surface area contributed by atoms with Gasteiger partial charge in [0.1, 0.15) is 0 Å². The zero-order valence-electron chi connectivity index (χ0n) is 7.48. The van der Waals surface area contributed by atoms with Crippen molar-refractivity contribution in [2.75, 3.05) is 0 Å². The van der Waals surface area contributed by atoms with Crippen molar-refractivity contribution in [1.29, 1.82) is 0 Å². The van der Waals surface area contributed by atoms with E-state index >= 15 is 0 Å². The first-order valence-corrected chi connectivity index (χ1v) is 4.73. The Morgan fingerprint density at radius 2 is 1.73 bits per heavy atom. The summed E-state index contributed by atoms with van der Waals surface area (Å²) in [7, 11) is 0. The average molecular weight is 148 g/mol. The third kappa shape index (κ3) is 1.28. The summed E-state index contributed by atoms with van der Waals surface area (Å²) in [5.41, 5.74) is 6.49. The maximum absolute atomic E-state index is 3.49. The largest absolute Gasteiger partial charge is 0.123 e. The van der Waals surface area contributed by atoms with Crippen molar-refractivity contribution in [1.82, 2.24) is 0 Å². The van der Waals surface area contributed by atoms with Gasteiger partial charge in [-0.25, -0.2) is 0 Å². The van der Waals surface area contributed by atoms with Gasteiger partial charge in [0.15, 0.2) is 0 Å². The Morgan fingerprint density at radius 3 is 2.18 bits per heavy atom. The first kappa shape index (κ1) is 7.18. The molecule has 0 N–H and O–H groups in total. The summed E-state index contributed by atoms with van der Waals surface area (Å²) in [6, 6.07) is 0. The molecule has 0 aromatic carbocycles. The molecule has 0 aromatic rings. The molecule has 2 rings (SSSR count). The van der Waals surface area contributed by atoms with Gasteiger partial charge in [0, 0.05) is 0 Å². The molecule has 11 heavy (non-hydrogen) atoms. The molecule has 0 bridgehead atoms. The van der Waals surface area contributed by atoms with Gasteiger partial charge in [0.25, 0.3) is 0 Å². The summed E-state index contributed by atoms with van der Waals surface area (Å²) in [6.45, 7) is 4.30. The van der Waals surface area contributed by atoms with Gasteiger partial charge in [-0.2, -0.15) is 0 Å². The lowest BCUT2D eigenvalue weighted by Gasteiger charge is -2.03. The molecular weight excluding hydrogens is 132 g/mol. The number of hydrogen-bond acceptors (Lipinski definition) is 0. The van der Waals surface area contributed by atoms with Gasteiger partial charge in [-0.3, -0.25) is 0 Å². The van der Waals surface area contributed by atoms with Crippen molar-refractivity contribution < 1.29 is 0 Å². The van der Waals surface area contributed by atoms with Gasteiger partial charge < -0.3 is 0 Å². The molecule has 0 aliphatic heterocycles. The second-order valence-corrected chi connectivity index (χ2v) is 4.08. The summed E-state index contributed by atoms with van der Waals surface area (Å²) < 4.78 is 0. The molecule has 0 heterocycles. The summed E-state index contributed by atoms with van der Waals surface area (Å²) >= 11 is 0. The molecule has 2 atom stereocenters. The van der Waals surface area contributed by atoms with Crippen LogP contribution in [0.3, 0.4) is 0 Å². The molecule has 2 saturated carbocycles. The minimum atomic E-state index is 0.957. The summed E-state index contributed by atoms with van der Waals surface area (Å²) in [6.07, 6.45) is 5.80. The minimum absolute atomic E-state index is 0.957. The topological polar surface area (TPSA) is 0 Å². The molecule has 0 saturated heterocycles. The fraction of sp³-hybridized carbons (Fsp3) is 0.727. The molecule has 2 unspecified atom stereocenters. The molecule has 0 aromatic heterocycles. The van der Waals surface area contributed by atoms with E-state index < -0.39 is 0 Å². The van der Waals surface area contributed by atoms with Crippen LogP contribution in [-0.2, 0) is 0 Å². The summed E-state index contributed by atoms with van der Waals surface area (Å²) in [5.74, 6) is 1.91. The van der Waals surface area contributed by atoms with Crippen LogP contribution in [0.25, 0.3) is 0 Å². The van der Waals surface area contributed by atoms with Gasteiger partial charge in [0.05, 0.1) is 0 Å². The smallest absolute Gasteiger partial charge is 0.00522 e. The zero-order valence-corrected chi connectivity index (χ0v) is 7.48. The van der Waals surface area contributed by atoms with E-state index in [2.05, 4.69) is 19.6 Å². The monoisotopic (exact) mass is 148 g/mol. The van der Waals surface area contributed by atoms with E-state index in [0.29, 0.717) is 0 Å². The van der Waals surface area contributed by atoms with Crippen LogP contribution in [0.15, 0.2) is 16.9 Å². The first-order chi connectivity index (χ1) is 5.29. The van der Waals surface area contributed by atoms with Crippen LogP contribution in [0.5, 0.6) is 0 Å². The molecule has 0 radical (unpaired) electrons. The van der Waals surface area contributed by atoms with Crippen LogP contribution in [0.1, 0.15) is 39.5 Å². The molecule has 0 heteroatoms. The standard InChI is InChI=1S/C11H16/c1-8(2)7-11-9-5-3-4-6-10(9)11/h9-10H,3-6H2,1-2H3. The Hall–Kier alpha value is -0.480. The maximum Gasteiger partial charge on any atom is -0.00522 e. The van der Waals surface area contributed by atoms with Gasteiger partial charge >= 0.3 is 0 Å². The molecule has 2 aliphatic rings. The number of hydrogen-bond donors (Lipinski definition) is 0. The highest BCUT2D eigenvalue weighted by atomic mass is 14.5. The van der Waals surface area contributed by atoms with E-state index in [1.54, 1.807) is 5.57 Å². The van der Waals surface area contributed by atoms with Crippen molar-refractivity contribution in [3.63, 3.8) is 0 Å². The van der Waals surface area contributed by atoms with E-state index in [4.69, 9.17) is 0 Å². The predicted octanol–water partition coefficient (Wildman–Crippen LogP) is 3.30. The second kappa shape index (κ2) is 2.53. The molecule has 0 nitrogen and oxygen atoms in total. The van der Waals surface area contributed by atoms with Gasteiger partial charge in [0.2, 0.25) is 0 Å². The predicted molar refractivity (Wildman–Crippen MR) is 47.3 cm³/mol. The Morgan fingerprint density at radius 1 is 1.18 bits per heavy atom. The van der Waals surface area contributed by atoms with Crippen LogP contribution in [0.2, 0.25) is 0 Å². The number of fused-ring (bicyclic) bond motifs is 1. The Kier molecular flexibility index (Phi) is 1.65. The average Bonchev–Trinajstić information content (AvgIpc) is 2.64. The van der Waals surface area contributed by atoms with Gasteiger partial charge in [-0.05, 0) is 49.7 Å². The Labute approximate surface area is 69.0 Å². The molecule has 0 spiro atoms. The lowest BCUT2D eigenvalue weighted by molar-refractivity contribution is 0.480. The van der Waals surface area contributed by atoms with E-state index in [-0.39, 0.29) is 0 Å². The number of rotatable bonds is 0. The fourth-order valence-corrected chi connectivity index (χ4v) is 2.29. The highest BCUT2D eigenvalue weighted by Gasteiger charge is 2.44. The molecule has 2 fully saturated rings. The highest BCUT2D eigenvalue weighted by molar-refractivity contribution is 5.30. The van der Waals surface area contributed by atoms with E-state index in [9.17, 15) is 0 Å². The Balaban J connectivity index is 2.17. The van der Waals surface area contributed by atoms with Crippen LogP contribution in [0, 0.1) is 11.8 Å². The Bertz CT molecular complexity index is 210. The van der Waals surface area contributed by atoms with Crippen LogP contribution in [0.4, 0.5) is 0 Å². The van der Waals surface area contributed by atoms with Crippen LogP contribution in [-0.4, -0.2) is 0 Å². The third-order valence-corrected chi connectivity index (χ3v) is 2.85. The van der Waals surface area contributed by atoms with E-state index in [1.165, 1.54) is 31.3 Å². The summed E-state index contributed by atoms with van der Waals surface area (Å²) in [5, 5.41) is 0. The lowest BCUT2D eigenvalue weighted by atomic mass is 10.0. The van der Waals surface area contributed by atoms with Crippen molar-refractivity contribution in [2.24, 2.45) is 11.8 Å². The van der Waals surface area contributed by atoms with Crippen molar-refractivity contribution >= 4 is 0 Å². The molecular formula is C11H16. The lowest BCUT2D eigenvalue weighted by Crippen LogP contribution is -1.91. The van der Waals surface area contributed by atoms with Crippen molar-refractivity contribution in [3.05, 3.63) is 16.9 Å². The highest BCUT2D eigenvalue weighted by Crippen LogP contribution is 2.54. The quantitative estimate of drug-likeness (QED) is 0.462. The SMILES string of the molecule is CC(C)=C=C1C2CCCCC12. The normalized spacial score (nSPS) is 34.2. The minimum Gasteiger partial charge on any atom is -0.123 e. The van der Waals surface area contributed by atoms with E-state index in [0.717, 1.165) is 11.8 Å². The number of allylic oxidation sites excluding steroid dienone is 1. The summed E-state index contributed by atoms with van der Waals surface area (Å²) in [4.78, 5) is 0. The van der Waals surface area contributed by atoms with Crippen LogP contribution < -0.4 is 0 Å².